The summed E-state index contributed by atoms with van der Waals surface area (Å²) in [5.74, 6) is 0.234. The minimum atomic E-state index is 0.234. The fourth-order valence-electron chi connectivity index (χ4n) is 1.10. The topological polar surface area (TPSA) is 59.1 Å². The first-order valence-electron chi connectivity index (χ1n) is 3.56. The highest BCUT2D eigenvalue weighted by Gasteiger charge is 2.03. The fraction of sp³-hybridized carbons (Fsp3) is 0.125. The molecule has 12 heavy (non-hydrogen) atoms. The summed E-state index contributed by atoms with van der Waals surface area (Å²) in [6, 6.07) is 1.95. The molecular weight excluding hydrogens is 172 g/mol. The summed E-state index contributed by atoms with van der Waals surface area (Å²) in [5, 5.41) is 10.3. The molecule has 2 aromatic rings. The molecule has 0 unspecified atom stereocenters. The van der Waals surface area contributed by atoms with Crippen molar-refractivity contribution in [3.8, 4) is 5.75 Å². The Hall–Kier alpha value is -1.13. The second-order valence-corrected chi connectivity index (χ2v) is 3.63. The van der Waals surface area contributed by atoms with Crippen LogP contribution in [0.1, 0.15) is 4.88 Å². The van der Waals surface area contributed by atoms with Crippen LogP contribution < -0.4 is 5.73 Å². The van der Waals surface area contributed by atoms with Crippen molar-refractivity contribution in [1.29, 1.82) is 0 Å². The molecule has 0 atom stereocenters. The Morgan fingerprint density at radius 2 is 2.33 bits per heavy atom. The van der Waals surface area contributed by atoms with E-state index in [1.807, 2.05) is 6.07 Å². The van der Waals surface area contributed by atoms with Gasteiger partial charge in [-0.15, -0.1) is 11.3 Å². The standard InChI is InChI=1S/C8H8N2OS/c9-2-6-1-5-3-10-4-7(11)8(5)12-6/h1,3-4,11H,2,9H2. The monoisotopic (exact) mass is 180 g/mol. The van der Waals surface area contributed by atoms with Crippen molar-refractivity contribution in [3.05, 3.63) is 23.3 Å². The first-order valence-corrected chi connectivity index (χ1v) is 4.38. The summed E-state index contributed by atoms with van der Waals surface area (Å²) >= 11 is 1.51. The maximum absolute atomic E-state index is 9.39. The molecule has 62 valence electrons. The van der Waals surface area contributed by atoms with Crippen molar-refractivity contribution in [3.63, 3.8) is 0 Å². The minimum absolute atomic E-state index is 0.234. The second kappa shape index (κ2) is 2.73. The maximum atomic E-state index is 9.39. The van der Waals surface area contributed by atoms with Gasteiger partial charge in [0.15, 0.2) is 5.75 Å². The van der Waals surface area contributed by atoms with Crippen molar-refractivity contribution in [1.82, 2.24) is 4.98 Å². The van der Waals surface area contributed by atoms with Crippen LogP contribution >= 0.6 is 11.3 Å². The number of hydrogen-bond donors (Lipinski definition) is 2. The van der Waals surface area contributed by atoms with Gasteiger partial charge >= 0.3 is 0 Å². The lowest BCUT2D eigenvalue weighted by molar-refractivity contribution is 0.480. The van der Waals surface area contributed by atoms with Crippen molar-refractivity contribution < 1.29 is 5.11 Å². The number of aromatic hydroxyl groups is 1. The lowest BCUT2D eigenvalue weighted by Gasteiger charge is -1.90. The molecule has 2 aromatic heterocycles. The summed E-state index contributed by atoms with van der Waals surface area (Å²) in [6.07, 6.45) is 3.17. The van der Waals surface area contributed by atoms with Gasteiger partial charge in [0.2, 0.25) is 0 Å². The number of nitrogens with zero attached hydrogens (tertiary/aromatic N) is 1. The molecule has 0 fully saturated rings. The molecule has 0 aliphatic carbocycles. The van der Waals surface area contributed by atoms with E-state index in [1.54, 1.807) is 6.20 Å². The predicted octanol–water partition coefficient (Wildman–Crippen LogP) is 1.46. The highest BCUT2D eigenvalue weighted by atomic mass is 32.1. The van der Waals surface area contributed by atoms with Crippen LogP contribution in [0.2, 0.25) is 0 Å². The first kappa shape index (κ1) is 7.52. The van der Waals surface area contributed by atoms with Crippen molar-refractivity contribution >= 4 is 21.4 Å². The van der Waals surface area contributed by atoms with E-state index in [1.165, 1.54) is 17.5 Å². The normalized spacial score (nSPS) is 10.8. The molecule has 2 heterocycles. The van der Waals surface area contributed by atoms with Gasteiger partial charge in [-0.25, -0.2) is 0 Å². The molecule has 0 radical (unpaired) electrons. The first-order chi connectivity index (χ1) is 5.81. The average molecular weight is 180 g/mol. The number of nitrogens with two attached hydrogens (primary N) is 1. The summed E-state index contributed by atoms with van der Waals surface area (Å²) in [4.78, 5) is 4.94. The Labute approximate surface area is 73.5 Å². The van der Waals surface area contributed by atoms with E-state index >= 15 is 0 Å². The van der Waals surface area contributed by atoms with Gasteiger partial charge < -0.3 is 10.8 Å². The minimum Gasteiger partial charge on any atom is -0.505 e. The molecule has 0 saturated heterocycles. The molecule has 0 aliphatic rings. The van der Waals surface area contributed by atoms with E-state index in [0.29, 0.717) is 6.54 Å². The number of hydrogen-bond acceptors (Lipinski definition) is 4. The van der Waals surface area contributed by atoms with Crippen LogP contribution in [-0.2, 0) is 6.54 Å². The van der Waals surface area contributed by atoms with E-state index in [4.69, 9.17) is 5.73 Å². The van der Waals surface area contributed by atoms with Gasteiger partial charge in [0, 0.05) is 23.0 Å². The number of thiophene rings is 1. The molecule has 0 aliphatic heterocycles. The molecule has 0 bridgehead atoms. The molecule has 3 N–H and O–H groups in total. The van der Waals surface area contributed by atoms with Gasteiger partial charge in [0.05, 0.1) is 10.9 Å². The number of fused-ring (bicyclic) bond motifs is 1. The van der Waals surface area contributed by atoms with Crippen molar-refractivity contribution in [2.24, 2.45) is 5.73 Å². The molecule has 0 amide bonds. The summed E-state index contributed by atoms with van der Waals surface area (Å²) in [5.41, 5.74) is 5.47. The molecular formula is C8H8N2OS. The number of rotatable bonds is 1. The van der Waals surface area contributed by atoms with Crippen LogP contribution in [0.15, 0.2) is 18.5 Å². The SMILES string of the molecule is NCc1cc2cncc(O)c2s1. The van der Waals surface area contributed by atoms with E-state index < -0.39 is 0 Å². The molecule has 0 aromatic carbocycles. The zero-order valence-electron chi connectivity index (χ0n) is 6.32. The van der Waals surface area contributed by atoms with Gasteiger partial charge in [-0.3, -0.25) is 4.98 Å². The predicted molar refractivity (Wildman–Crippen MR) is 49.2 cm³/mol. The summed E-state index contributed by atoms with van der Waals surface area (Å²) in [7, 11) is 0. The van der Waals surface area contributed by atoms with E-state index in [9.17, 15) is 5.11 Å². The van der Waals surface area contributed by atoms with Crippen LogP contribution in [0.3, 0.4) is 0 Å². The Kier molecular flexibility index (Phi) is 1.71. The van der Waals surface area contributed by atoms with Crippen molar-refractivity contribution in [2.75, 3.05) is 0 Å². The van der Waals surface area contributed by atoms with Crippen LogP contribution in [0, 0.1) is 0 Å². The Morgan fingerprint density at radius 3 is 3.00 bits per heavy atom. The largest absolute Gasteiger partial charge is 0.505 e. The highest BCUT2D eigenvalue weighted by molar-refractivity contribution is 7.19. The van der Waals surface area contributed by atoms with Gasteiger partial charge in [0.1, 0.15) is 0 Å². The third-order valence-electron chi connectivity index (χ3n) is 1.66. The van der Waals surface area contributed by atoms with Crippen LogP contribution in [-0.4, -0.2) is 10.1 Å². The summed E-state index contributed by atoms with van der Waals surface area (Å²) in [6.45, 7) is 0.513. The third kappa shape index (κ3) is 1.05. The quantitative estimate of drug-likeness (QED) is 0.698. The highest BCUT2D eigenvalue weighted by Crippen LogP contribution is 2.31. The van der Waals surface area contributed by atoms with Gasteiger partial charge in [-0.1, -0.05) is 0 Å². The number of aromatic nitrogens is 1. The third-order valence-corrected chi connectivity index (χ3v) is 2.85. The lowest BCUT2D eigenvalue weighted by atomic mass is 10.3. The van der Waals surface area contributed by atoms with Gasteiger partial charge in [-0.05, 0) is 6.07 Å². The summed E-state index contributed by atoms with van der Waals surface area (Å²) < 4.78 is 0.866. The lowest BCUT2D eigenvalue weighted by Crippen LogP contribution is -1.90. The number of pyridine rings is 1. The van der Waals surface area contributed by atoms with Crippen LogP contribution in [0.25, 0.3) is 10.1 Å². The second-order valence-electron chi connectivity index (χ2n) is 2.49. The average Bonchev–Trinajstić information content (AvgIpc) is 2.49. The van der Waals surface area contributed by atoms with Gasteiger partial charge in [0.25, 0.3) is 0 Å². The van der Waals surface area contributed by atoms with E-state index in [-0.39, 0.29) is 5.75 Å². The van der Waals surface area contributed by atoms with Crippen molar-refractivity contribution in [2.45, 2.75) is 6.54 Å². The van der Waals surface area contributed by atoms with Crippen LogP contribution in [0.5, 0.6) is 5.75 Å². The zero-order chi connectivity index (χ0) is 8.55. The van der Waals surface area contributed by atoms with Gasteiger partial charge in [-0.2, -0.15) is 0 Å². The van der Waals surface area contributed by atoms with E-state index in [0.717, 1.165) is 15.0 Å². The maximum Gasteiger partial charge on any atom is 0.151 e. The molecule has 3 nitrogen and oxygen atoms in total. The smallest absolute Gasteiger partial charge is 0.151 e. The zero-order valence-corrected chi connectivity index (χ0v) is 7.14. The van der Waals surface area contributed by atoms with Crippen LogP contribution in [0.4, 0.5) is 0 Å². The Bertz CT molecular complexity index is 410. The fourth-order valence-corrected chi connectivity index (χ4v) is 2.02. The molecule has 2 rings (SSSR count). The Morgan fingerprint density at radius 1 is 1.50 bits per heavy atom. The Balaban J connectivity index is 2.74. The molecule has 0 saturated carbocycles. The van der Waals surface area contributed by atoms with E-state index in [2.05, 4.69) is 4.98 Å². The molecule has 4 heteroatoms. The molecule has 0 spiro atoms.